The molecule has 0 aromatic heterocycles. The summed E-state index contributed by atoms with van der Waals surface area (Å²) in [5.41, 5.74) is 0.538. The van der Waals surface area contributed by atoms with Gasteiger partial charge in [0.05, 0.1) is 0 Å². The average Bonchev–Trinajstić information content (AvgIpc) is 2.53. The first kappa shape index (κ1) is 25.8. The Bertz CT molecular complexity index is 682. The van der Waals surface area contributed by atoms with Crippen molar-refractivity contribution in [3.8, 4) is 0 Å². The van der Waals surface area contributed by atoms with Gasteiger partial charge < -0.3 is 8.42 Å². The minimum absolute atomic E-state index is 0. The van der Waals surface area contributed by atoms with Crippen LogP contribution in [-0.4, -0.2) is 8.80 Å². The topological polar surface area (TPSA) is 43.4 Å². The van der Waals surface area contributed by atoms with Gasteiger partial charge in [0.15, 0.2) is 0 Å². The molecule has 0 fully saturated rings. The van der Waals surface area contributed by atoms with E-state index in [0.717, 1.165) is 0 Å². The summed E-state index contributed by atoms with van der Waals surface area (Å²) in [7, 11) is -2.15. The molecule has 1 aromatic rings. The van der Waals surface area contributed by atoms with Crippen molar-refractivity contribution in [3.63, 3.8) is 0 Å². The van der Waals surface area contributed by atoms with E-state index in [0.29, 0.717) is 11.3 Å². The second kappa shape index (κ2) is 17.4. The molecule has 0 radical (unpaired) electrons. The summed E-state index contributed by atoms with van der Waals surface area (Å²) in [6, 6.07) is 6.59. The fourth-order valence-electron chi connectivity index (χ4n) is 1.06. The molecule has 0 saturated heterocycles. The summed E-state index contributed by atoms with van der Waals surface area (Å²) in [4.78, 5) is 0.266. The van der Waals surface area contributed by atoms with Crippen molar-refractivity contribution in [1.29, 1.82) is 0 Å². The van der Waals surface area contributed by atoms with Crippen molar-refractivity contribution in [1.82, 2.24) is 0 Å². The van der Waals surface area contributed by atoms with E-state index in [1.807, 2.05) is 10.5 Å². The summed E-state index contributed by atoms with van der Waals surface area (Å²) in [5, 5.41) is 0. The Labute approximate surface area is 181 Å². The monoisotopic (exact) mass is 849 g/mol. The van der Waals surface area contributed by atoms with E-state index in [4.69, 9.17) is 11.3 Å². The van der Waals surface area contributed by atoms with Gasteiger partial charge in [0.1, 0.15) is 0 Å². The fraction of sp³-hybridized carbons (Fsp3) is 0. The van der Waals surface area contributed by atoms with Crippen LogP contribution in [0.1, 0.15) is 5.56 Å². The molecule has 0 bridgehead atoms. The smallest absolute Gasteiger partial charge is 0 e. The van der Waals surface area contributed by atoms with Crippen LogP contribution in [0.4, 0.5) is 0 Å². The van der Waals surface area contributed by atoms with Gasteiger partial charge >= 0.3 is 101 Å². The molecule has 0 aliphatic rings. The van der Waals surface area contributed by atoms with Gasteiger partial charge in [-0.2, -0.15) is 11.0 Å². The second-order valence-electron chi connectivity index (χ2n) is 3.60. The molecule has 128 valence electrons. The zero-order chi connectivity index (χ0) is 17.5. The number of allylic oxidation sites excluding steroid dienone is 5. The SMILES string of the molecule is [CH-]=C(/C=C\[CH]=[W])O[C-]=C/C=C\[C-]=[W].[CH2-]c1ccccc1[S-](=O)=O.[W]. The number of rotatable bonds is 7. The van der Waals surface area contributed by atoms with Gasteiger partial charge in [0, 0.05) is 21.1 Å². The average molecular weight is 849 g/mol. The Hall–Kier alpha value is -0.395. The third-order valence-electron chi connectivity index (χ3n) is 2.00. The maximum atomic E-state index is 10.4. The van der Waals surface area contributed by atoms with E-state index >= 15 is 0 Å². The van der Waals surface area contributed by atoms with Gasteiger partial charge in [0.25, 0.3) is 0 Å². The van der Waals surface area contributed by atoms with Crippen molar-refractivity contribution in [3.05, 3.63) is 85.7 Å². The zero-order valence-electron chi connectivity index (χ0n) is 12.4. The van der Waals surface area contributed by atoms with Crippen molar-refractivity contribution in [2.24, 2.45) is 0 Å². The predicted molar refractivity (Wildman–Crippen MR) is 84.0 cm³/mol. The molecular formula is C17H13O3SW3-5. The first-order valence-electron chi connectivity index (χ1n) is 6.05. The maximum absolute atomic E-state index is 10.4. The molecule has 7 heteroatoms. The van der Waals surface area contributed by atoms with Crippen LogP contribution in [-0.2, 0) is 83.6 Å². The summed E-state index contributed by atoms with van der Waals surface area (Å²) in [6.07, 6.45) is 11.3. The fourth-order valence-corrected chi connectivity index (χ4v) is 2.10. The molecule has 0 amide bonds. The Morgan fingerprint density at radius 3 is 2.46 bits per heavy atom. The van der Waals surface area contributed by atoms with E-state index in [9.17, 15) is 8.42 Å². The number of benzene rings is 1. The van der Waals surface area contributed by atoms with Crippen LogP contribution in [0.15, 0.2) is 65.3 Å². The molecule has 24 heavy (non-hydrogen) atoms. The Morgan fingerprint density at radius 1 is 1.29 bits per heavy atom. The van der Waals surface area contributed by atoms with Crippen LogP contribution in [0.25, 0.3) is 0 Å². The number of hydrogen-bond donors (Lipinski definition) is 0. The zero-order valence-corrected chi connectivity index (χ0v) is 22.0. The van der Waals surface area contributed by atoms with Crippen LogP contribution in [0, 0.1) is 19.8 Å². The molecule has 0 aliphatic heterocycles. The normalized spacial score (nSPS) is 10.2. The largest absolute Gasteiger partial charge is 0.432 e. The van der Waals surface area contributed by atoms with Gasteiger partial charge in [-0.15, -0.1) is 22.8 Å². The molecule has 1 aromatic carbocycles. The van der Waals surface area contributed by atoms with Crippen molar-refractivity contribution in [2.75, 3.05) is 0 Å². The first-order chi connectivity index (χ1) is 11.0. The van der Waals surface area contributed by atoms with E-state index in [1.54, 1.807) is 42.5 Å². The van der Waals surface area contributed by atoms with Crippen LogP contribution < -0.4 is 0 Å². The van der Waals surface area contributed by atoms with Gasteiger partial charge in [-0.1, -0.05) is 6.07 Å². The Balaban J connectivity index is 0. The molecule has 0 aliphatic carbocycles. The predicted octanol–water partition coefficient (Wildman–Crippen LogP) is 2.86. The van der Waals surface area contributed by atoms with Crippen molar-refractivity contribution in [2.45, 2.75) is 4.90 Å². The molecule has 3 nitrogen and oxygen atoms in total. The first-order valence-corrected chi connectivity index (χ1v) is 10.3. The standard InChI is InChI=1S/C10H7O.C7H6O2S.3W/c1-4-6-7-9-11-10(3)8-5-2;1-6-4-2-3-5-7(6)10(8)9;;;/h2-8H;2-5H,1H2;;;/q-3;-2;;;/b6-4-,8-5-;;;;. The molecule has 0 saturated carbocycles. The van der Waals surface area contributed by atoms with Crippen LogP contribution in [0.3, 0.4) is 0 Å². The maximum Gasteiger partial charge on any atom is 0 e. The van der Waals surface area contributed by atoms with Gasteiger partial charge in [-0.3, -0.25) is 0 Å². The van der Waals surface area contributed by atoms with E-state index < -0.39 is 10.7 Å². The molecule has 1 rings (SSSR count). The summed E-state index contributed by atoms with van der Waals surface area (Å²) < 4.78 is 30.5. The van der Waals surface area contributed by atoms with Crippen LogP contribution in [0.5, 0.6) is 0 Å². The summed E-state index contributed by atoms with van der Waals surface area (Å²) in [5.74, 6) is 0.331. The molecule has 0 heterocycles. The molecule has 0 N–H and O–H groups in total. The van der Waals surface area contributed by atoms with Gasteiger partial charge in [0.2, 0.25) is 0 Å². The van der Waals surface area contributed by atoms with Gasteiger partial charge in [-0.25, -0.2) is 12.5 Å². The third-order valence-corrected chi connectivity index (χ3v) is 3.81. The molecule has 0 spiro atoms. The molecule has 0 atom stereocenters. The van der Waals surface area contributed by atoms with Crippen LogP contribution in [0.2, 0.25) is 0 Å². The molecular weight excluding hydrogens is 836 g/mol. The Kier molecular flexibility index (Phi) is 18.8. The van der Waals surface area contributed by atoms with E-state index in [1.165, 1.54) is 44.8 Å². The molecule has 0 unspecified atom stereocenters. The van der Waals surface area contributed by atoms with Crippen molar-refractivity contribution < 1.29 is 72.9 Å². The third kappa shape index (κ3) is 14.0. The second-order valence-corrected chi connectivity index (χ2v) is 6.34. The summed E-state index contributed by atoms with van der Waals surface area (Å²) >= 11 is 2.66. The minimum Gasteiger partial charge on any atom is -0.432 e. The van der Waals surface area contributed by atoms with Crippen molar-refractivity contribution >= 4 is 19.5 Å². The number of ether oxygens (including phenoxy) is 1. The Morgan fingerprint density at radius 2 is 1.96 bits per heavy atom. The summed E-state index contributed by atoms with van der Waals surface area (Å²) in [6.45, 7) is 9.00. The van der Waals surface area contributed by atoms with E-state index in [-0.39, 0.29) is 26.0 Å². The van der Waals surface area contributed by atoms with Crippen LogP contribution >= 0.6 is 0 Å². The van der Waals surface area contributed by atoms with E-state index in [2.05, 4.69) is 17.6 Å². The quantitative estimate of drug-likeness (QED) is 0.184. The van der Waals surface area contributed by atoms with Gasteiger partial charge in [-0.05, 0) is 0 Å². The minimum atomic E-state index is -2.15. The number of hydrogen-bond acceptors (Lipinski definition) is 4.